The van der Waals surface area contributed by atoms with Crippen LogP contribution in [0.15, 0.2) is 0 Å². The van der Waals surface area contributed by atoms with Crippen LogP contribution >= 0.6 is 0 Å². The number of hydrogen-bond donors (Lipinski definition) is 2. The van der Waals surface area contributed by atoms with Gasteiger partial charge in [-0.3, -0.25) is 4.79 Å². The van der Waals surface area contributed by atoms with Crippen LogP contribution in [0.2, 0.25) is 0 Å². The first kappa shape index (κ1) is 18.9. The fourth-order valence-corrected chi connectivity index (χ4v) is 8.35. The van der Waals surface area contributed by atoms with Gasteiger partial charge in [0.25, 0.3) is 0 Å². The van der Waals surface area contributed by atoms with Crippen LogP contribution in [-0.2, 0) is 4.79 Å². The van der Waals surface area contributed by atoms with Gasteiger partial charge in [0.05, 0.1) is 5.60 Å². The van der Waals surface area contributed by atoms with Crippen molar-refractivity contribution in [3.63, 3.8) is 0 Å². The third kappa shape index (κ3) is 2.56. The molecule has 0 aromatic heterocycles. The predicted octanol–water partition coefficient (Wildman–Crippen LogP) is 4.20. The molecule has 3 nitrogen and oxygen atoms in total. The maximum Gasteiger partial charge on any atom is 0.137 e. The second-order valence-corrected chi connectivity index (χ2v) is 11.2. The molecule has 4 rings (SSSR count). The number of hydrogen-bond acceptors (Lipinski definition) is 3. The monoisotopic (exact) mass is 362 g/mol. The lowest BCUT2D eigenvalue weighted by Crippen LogP contribution is -2.59. The Morgan fingerprint density at radius 2 is 1.81 bits per heavy atom. The van der Waals surface area contributed by atoms with Crippen molar-refractivity contribution in [3.05, 3.63) is 0 Å². The Bertz CT molecular complexity index is 584. The van der Waals surface area contributed by atoms with Gasteiger partial charge >= 0.3 is 0 Å². The smallest absolute Gasteiger partial charge is 0.137 e. The summed E-state index contributed by atoms with van der Waals surface area (Å²) in [6.45, 7) is 9.11. The third-order valence-corrected chi connectivity index (χ3v) is 9.68. The summed E-state index contributed by atoms with van der Waals surface area (Å²) in [6.07, 6.45) is 8.16. The Hall–Kier alpha value is -0.410. The summed E-state index contributed by atoms with van der Waals surface area (Å²) >= 11 is 0. The zero-order valence-electron chi connectivity index (χ0n) is 17.1. The highest BCUT2D eigenvalue weighted by molar-refractivity contribution is 5.84. The zero-order valence-corrected chi connectivity index (χ0v) is 17.1. The summed E-state index contributed by atoms with van der Waals surface area (Å²) in [5.74, 6) is 3.16. The molecule has 4 saturated carbocycles. The Balaban J connectivity index is 1.65. The van der Waals surface area contributed by atoms with Gasteiger partial charge in [0.1, 0.15) is 5.78 Å². The van der Waals surface area contributed by atoms with E-state index in [0.29, 0.717) is 41.8 Å². The molecular formula is C23H38O3. The molecule has 0 aliphatic heterocycles. The van der Waals surface area contributed by atoms with Gasteiger partial charge in [-0.2, -0.15) is 0 Å². The minimum Gasteiger partial charge on any atom is -0.396 e. The minimum absolute atomic E-state index is 0.0871. The molecule has 0 bridgehead atoms. The van der Waals surface area contributed by atoms with Crippen molar-refractivity contribution in [1.29, 1.82) is 0 Å². The molecule has 148 valence electrons. The van der Waals surface area contributed by atoms with Crippen LogP contribution in [0.25, 0.3) is 0 Å². The number of aliphatic hydroxyl groups excluding tert-OH is 1. The number of rotatable bonds is 2. The van der Waals surface area contributed by atoms with E-state index < -0.39 is 5.60 Å². The molecule has 9 atom stereocenters. The Morgan fingerprint density at radius 1 is 1.08 bits per heavy atom. The number of carbonyl (C=O) groups is 1. The van der Waals surface area contributed by atoms with E-state index in [1.807, 2.05) is 6.92 Å². The number of carbonyl (C=O) groups excluding carboxylic acids is 1. The van der Waals surface area contributed by atoms with E-state index in [1.54, 1.807) is 0 Å². The summed E-state index contributed by atoms with van der Waals surface area (Å²) < 4.78 is 0. The van der Waals surface area contributed by atoms with E-state index in [4.69, 9.17) is 0 Å². The van der Waals surface area contributed by atoms with Crippen molar-refractivity contribution in [2.75, 3.05) is 6.61 Å². The van der Waals surface area contributed by atoms with Gasteiger partial charge in [0.15, 0.2) is 0 Å². The average Bonchev–Trinajstić information content (AvgIpc) is 2.91. The van der Waals surface area contributed by atoms with Gasteiger partial charge in [-0.1, -0.05) is 20.8 Å². The van der Waals surface area contributed by atoms with Gasteiger partial charge < -0.3 is 10.2 Å². The highest BCUT2D eigenvalue weighted by Crippen LogP contribution is 2.67. The Morgan fingerprint density at radius 3 is 2.50 bits per heavy atom. The van der Waals surface area contributed by atoms with Gasteiger partial charge in [-0.05, 0) is 92.3 Å². The molecule has 0 radical (unpaired) electrons. The first-order valence-corrected chi connectivity index (χ1v) is 11.0. The molecule has 4 aliphatic rings. The fourth-order valence-electron chi connectivity index (χ4n) is 8.35. The fraction of sp³-hybridized carbons (Fsp3) is 0.957. The van der Waals surface area contributed by atoms with Crippen molar-refractivity contribution in [2.24, 2.45) is 46.3 Å². The molecule has 0 heterocycles. The lowest BCUT2D eigenvalue weighted by Gasteiger charge is -2.61. The van der Waals surface area contributed by atoms with Crippen LogP contribution in [0, 0.1) is 46.3 Å². The van der Waals surface area contributed by atoms with Crippen LogP contribution in [-0.4, -0.2) is 28.2 Å². The van der Waals surface area contributed by atoms with Crippen LogP contribution in [0.1, 0.15) is 79.1 Å². The van der Waals surface area contributed by atoms with E-state index in [0.717, 1.165) is 25.7 Å². The van der Waals surface area contributed by atoms with Gasteiger partial charge in [-0.15, -0.1) is 0 Å². The largest absolute Gasteiger partial charge is 0.396 e. The molecule has 4 fully saturated rings. The molecule has 0 unspecified atom stereocenters. The molecule has 0 amide bonds. The van der Waals surface area contributed by atoms with Crippen molar-refractivity contribution >= 4 is 5.78 Å². The quantitative estimate of drug-likeness (QED) is 0.774. The first-order chi connectivity index (χ1) is 12.1. The number of Topliss-reactive ketones (excluding diaryl/α,β-unsaturated/α-hetero) is 1. The van der Waals surface area contributed by atoms with Crippen molar-refractivity contribution in [1.82, 2.24) is 0 Å². The minimum atomic E-state index is -0.543. The molecule has 0 aromatic carbocycles. The van der Waals surface area contributed by atoms with E-state index >= 15 is 0 Å². The van der Waals surface area contributed by atoms with Crippen LogP contribution < -0.4 is 0 Å². The number of ketones is 1. The molecule has 0 saturated heterocycles. The van der Waals surface area contributed by atoms with Crippen molar-refractivity contribution in [3.8, 4) is 0 Å². The molecule has 2 N–H and O–H groups in total. The highest BCUT2D eigenvalue weighted by Gasteiger charge is 2.64. The molecule has 3 heteroatoms. The van der Waals surface area contributed by atoms with Crippen LogP contribution in [0.3, 0.4) is 0 Å². The van der Waals surface area contributed by atoms with E-state index in [-0.39, 0.29) is 23.4 Å². The number of fused-ring (bicyclic) bond motifs is 5. The number of aliphatic hydroxyl groups is 2. The van der Waals surface area contributed by atoms with Crippen LogP contribution in [0.4, 0.5) is 0 Å². The summed E-state index contributed by atoms with van der Waals surface area (Å²) in [6, 6.07) is 0. The molecule has 0 spiro atoms. The first-order valence-electron chi connectivity index (χ1n) is 11.0. The summed E-state index contributed by atoms with van der Waals surface area (Å²) in [4.78, 5) is 13.5. The normalized spacial score (nSPS) is 55.0. The van der Waals surface area contributed by atoms with Crippen molar-refractivity contribution in [2.45, 2.75) is 84.7 Å². The topological polar surface area (TPSA) is 57.5 Å². The summed E-state index contributed by atoms with van der Waals surface area (Å²) in [5, 5.41) is 20.3. The summed E-state index contributed by atoms with van der Waals surface area (Å²) in [5.41, 5.74) is -0.369. The average molecular weight is 363 g/mol. The van der Waals surface area contributed by atoms with E-state index in [1.165, 1.54) is 19.3 Å². The van der Waals surface area contributed by atoms with Crippen molar-refractivity contribution < 1.29 is 15.0 Å². The molecule has 4 aliphatic carbocycles. The lowest BCUT2D eigenvalue weighted by molar-refractivity contribution is -0.168. The summed E-state index contributed by atoms with van der Waals surface area (Å²) in [7, 11) is 0. The van der Waals surface area contributed by atoms with Crippen LogP contribution in [0.5, 0.6) is 0 Å². The van der Waals surface area contributed by atoms with Gasteiger partial charge in [0, 0.05) is 18.9 Å². The maximum atomic E-state index is 13.5. The molecular weight excluding hydrogens is 324 g/mol. The molecule has 26 heavy (non-hydrogen) atoms. The van der Waals surface area contributed by atoms with E-state index in [9.17, 15) is 15.0 Å². The standard InChI is InChI=1S/C23H38O3/c1-14(13-24)17-7-8-18-16-6-5-15-11-21(2,26)9-10-22(15,3)20(16)19(25)12-23(17,18)4/h14-18,20,24,26H,5-13H2,1-4H3/t14-,15+,16+,17-,18+,20-,21+,22+,23-/m1/s1. The second-order valence-electron chi connectivity index (χ2n) is 11.2. The maximum absolute atomic E-state index is 13.5. The van der Waals surface area contributed by atoms with E-state index in [2.05, 4.69) is 20.8 Å². The Kier molecular flexibility index (Phi) is 4.40. The van der Waals surface area contributed by atoms with Gasteiger partial charge in [-0.25, -0.2) is 0 Å². The van der Waals surface area contributed by atoms with Gasteiger partial charge in [0.2, 0.25) is 0 Å². The lowest BCUT2D eigenvalue weighted by atomic mass is 9.43. The Labute approximate surface area is 158 Å². The third-order valence-electron chi connectivity index (χ3n) is 9.68. The SMILES string of the molecule is C[C@H](CO)[C@H]1CC[C@H]2[C@@H]3CC[C@H]4C[C@@](C)(O)CC[C@]4(C)[C@H]3C(=O)C[C@]12C. The zero-order chi connectivity index (χ0) is 18.9. The predicted molar refractivity (Wildman–Crippen MR) is 102 cm³/mol. The second kappa shape index (κ2) is 6.04. The highest BCUT2D eigenvalue weighted by atomic mass is 16.3. The molecule has 0 aromatic rings.